The van der Waals surface area contributed by atoms with Gasteiger partial charge in [-0.1, -0.05) is 18.2 Å². The minimum absolute atomic E-state index is 0.199. The lowest BCUT2D eigenvalue weighted by Gasteiger charge is -2.24. The number of amides is 1. The maximum Gasteiger partial charge on any atom is 0.426 e. The van der Waals surface area contributed by atoms with Gasteiger partial charge in [-0.2, -0.15) is 5.26 Å². The molecule has 0 aliphatic carbocycles. The van der Waals surface area contributed by atoms with Crippen LogP contribution in [-0.4, -0.2) is 43.6 Å². The molecule has 0 aromatic heterocycles. The maximum atomic E-state index is 11.4. The Morgan fingerprint density at radius 3 is 3.11 bits per heavy atom. The van der Waals surface area contributed by atoms with Gasteiger partial charge in [-0.05, 0) is 12.8 Å². The highest BCUT2D eigenvalue weighted by atomic mass is 16.7. The topological polar surface area (TPSA) is 87.0 Å². The molecule has 1 heterocycles. The maximum absolute atomic E-state index is 11.4. The third kappa shape index (κ3) is 4.97. The summed E-state index contributed by atoms with van der Waals surface area (Å²) in [7, 11) is 1.38. The van der Waals surface area contributed by atoms with E-state index in [0.717, 1.165) is 6.42 Å². The molecule has 1 amide bonds. The van der Waals surface area contributed by atoms with Crippen molar-refractivity contribution < 1.29 is 14.5 Å². The summed E-state index contributed by atoms with van der Waals surface area (Å²) in [6.07, 6.45) is 2.94. The molecule has 0 atom stereocenters. The molecular formula is C12H18N4O3. The Bertz CT molecular complexity index is 412. The molecule has 0 aromatic rings. The number of nitrogens with one attached hydrogen (secondary N) is 1. The Balaban J connectivity index is 2.54. The Labute approximate surface area is 112 Å². The van der Waals surface area contributed by atoms with Crippen molar-refractivity contribution in [1.82, 2.24) is 10.4 Å². The van der Waals surface area contributed by atoms with Crippen LogP contribution in [0.2, 0.25) is 0 Å². The third-order valence-corrected chi connectivity index (χ3v) is 2.44. The van der Waals surface area contributed by atoms with E-state index in [2.05, 4.69) is 15.3 Å². The van der Waals surface area contributed by atoms with E-state index in [9.17, 15) is 4.79 Å². The SMILES string of the molecule is CCCNC(=O)ON1CCC=C(C(C#N)=NOC)C1. The summed E-state index contributed by atoms with van der Waals surface area (Å²) < 4.78 is 0. The molecule has 1 N–H and O–H groups in total. The van der Waals surface area contributed by atoms with Gasteiger partial charge in [-0.25, -0.2) is 4.79 Å². The van der Waals surface area contributed by atoms with Crippen LogP contribution < -0.4 is 5.32 Å². The van der Waals surface area contributed by atoms with Crippen LogP contribution in [0, 0.1) is 11.3 Å². The summed E-state index contributed by atoms with van der Waals surface area (Å²) in [6.45, 7) is 3.45. The number of hydrogen-bond acceptors (Lipinski definition) is 6. The zero-order valence-corrected chi connectivity index (χ0v) is 11.2. The summed E-state index contributed by atoms with van der Waals surface area (Å²) in [4.78, 5) is 21.2. The predicted molar refractivity (Wildman–Crippen MR) is 69.1 cm³/mol. The zero-order valence-electron chi connectivity index (χ0n) is 11.2. The minimum atomic E-state index is -0.481. The summed E-state index contributed by atoms with van der Waals surface area (Å²) in [6, 6.07) is 1.95. The van der Waals surface area contributed by atoms with Gasteiger partial charge in [0.1, 0.15) is 13.2 Å². The summed E-state index contributed by atoms with van der Waals surface area (Å²) in [5.41, 5.74) is 0.892. The van der Waals surface area contributed by atoms with E-state index in [0.29, 0.717) is 31.6 Å². The standard InChI is InChI=1S/C12H18N4O3/c1-3-6-14-12(17)19-16-7-4-5-10(9-16)11(8-13)15-18-2/h5H,3-4,6-7,9H2,1-2H3,(H,14,17). The van der Waals surface area contributed by atoms with Gasteiger partial charge in [0.15, 0.2) is 5.71 Å². The van der Waals surface area contributed by atoms with Crippen LogP contribution in [0.4, 0.5) is 4.79 Å². The molecule has 0 fully saturated rings. The molecule has 0 saturated carbocycles. The lowest BCUT2D eigenvalue weighted by atomic mass is 10.1. The van der Waals surface area contributed by atoms with Crippen molar-refractivity contribution in [2.75, 3.05) is 26.7 Å². The van der Waals surface area contributed by atoms with E-state index in [-0.39, 0.29) is 5.71 Å². The van der Waals surface area contributed by atoms with E-state index in [4.69, 9.17) is 10.1 Å². The van der Waals surface area contributed by atoms with E-state index >= 15 is 0 Å². The second kappa shape index (κ2) is 8.11. The number of rotatable bonds is 5. The number of hydroxylamine groups is 2. The Morgan fingerprint density at radius 2 is 2.47 bits per heavy atom. The fraction of sp³-hybridized carbons (Fsp3) is 0.583. The molecule has 104 valence electrons. The molecule has 7 heteroatoms. The first-order valence-corrected chi connectivity index (χ1v) is 6.12. The van der Waals surface area contributed by atoms with E-state index in [1.807, 2.05) is 19.1 Å². The van der Waals surface area contributed by atoms with Crippen molar-refractivity contribution in [3.63, 3.8) is 0 Å². The molecular weight excluding hydrogens is 248 g/mol. The van der Waals surface area contributed by atoms with Crippen molar-refractivity contribution in [2.24, 2.45) is 5.16 Å². The van der Waals surface area contributed by atoms with Crippen molar-refractivity contribution in [1.29, 1.82) is 5.26 Å². The average molecular weight is 266 g/mol. The Hall–Kier alpha value is -2.07. The van der Waals surface area contributed by atoms with Gasteiger partial charge in [0.2, 0.25) is 0 Å². The number of nitrogens with zero attached hydrogens (tertiary/aromatic N) is 3. The first kappa shape index (κ1) is 15.0. The highest BCUT2D eigenvalue weighted by Gasteiger charge is 2.20. The molecule has 19 heavy (non-hydrogen) atoms. The number of hydrogen-bond donors (Lipinski definition) is 1. The molecule has 1 aliphatic rings. The lowest BCUT2D eigenvalue weighted by molar-refractivity contribution is -0.0932. The molecule has 0 unspecified atom stereocenters. The number of carbonyl (C=O) groups excluding carboxylic acids is 1. The molecule has 0 bridgehead atoms. The van der Waals surface area contributed by atoms with Gasteiger partial charge >= 0.3 is 6.09 Å². The largest absolute Gasteiger partial charge is 0.426 e. The minimum Gasteiger partial charge on any atom is -0.398 e. The second-order valence-corrected chi connectivity index (χ2v) is 3.92. The molecule has 0 aromatic carbocycles. The van der Waals surface area contributed by atoms with Crippen LogP contribution in [0.1, 0.15) is 19.8 Å². The van der Waals surface area contributed by atoms with Crippen LogP contribution in [-0.2, 0) is 9.68 Å². The van der Waals surface area contributed by atoms with Crippen molar-refractivity contribution in [3.05, 3.63) is 11.6 Å². The highest BCUT2D eigenvalue weighted by molar-refractivity contribution is 6.11. The lowest BCUT2D eigenvalue weighted by Crippen LogP contribution is -2.38. The van der Waals surface area contributed by atoms with Gasteiger partial charge in [0.25, 0.3) is 0 Å². The van der Waals surface area contributed by atoms with E-state index in [1.165, 1.54) is 12.2 Å². The zero-order chi connectivity index (χ0) is 14.1. The first-order chi connectivity index (χ1) is 9.21. The predicted octanol–water partition coefficient (Wildman–Crippen LogP) is 1.20. The second-order valence-electron chi connectivity index (χ2n) is 3.92. The number of carbonyl (C=O) groups is 1. The third-order valence-electron chi connectivity index (χ3n) is 2.44. The van der Waals surface area contributed by atoms with Gasteiger partial charge < -0.3 is 15.0 Å². The van der Waals surface area contributed by atoms with Crippen LogP contribution in [0.25, 0.3) is 0 Å². The summed E-state index contributed by atoms with van der Waals surface area (Å²) in [5, 5.41) is 16.7. The van der Waals surface area contributed by atoms with E-state index < -0.39 is 6.09 Å². The van der Waals surface area contributed by atoms with Crippen molar-refractivity contribution >= 4 is 11.8 Å². The van der Waals surface area contributed by atoms with Gasteiger partial charge in [0.05, 0.1) is 6.54 Å². The Kier molecular flexibility index (Phi) is 6.39. The quantitative estimate of drug-likeness (QED) is 0.596. The molecule has 0 radical (unpaired) electrons. The van der Waals surface area contributed by atoms with Gasteiger partial charge in [0, 0.05) is 18.7 Å². The monoisotopic (exact) mass is 266 g/mol. The molecule has 1 aliphatic heterocycles. The summed E-state index contributed by atoms with van der Waals surface area (Å²) >= 11 is 0. The van der Waals surface area contributed by atoms with Crippen LogP contribution in [0.3, 0.4) is 0 Å². The molecule has 0 saturated heterocycles. The van der Waals surface area contributed by atoms with Crippen molar-refractivity contribution in [3.8, 4) is 6.07 Å². The number of oxime groups is 1. The highest BCUT2D eigenvalue weighted by Crippen LogP contribution is 2.12. The van der Waals surface area contributed by atoms with Gasteiger partial charge in [-0.15, -0.1) is 5.06 Å². The van der Waals surface area contributed by atoms with Crippen LogP contribution in [0.15, 0.2) is 16.8 Å². The Morgan fingerprint density at radius 1 is 1.68 bits per heavy atom. The van der Waals surface area contributed by atoms with Crippen LogP contribution in [0.5, 0.6) is 0 Å². The molecule has 0 spiro atoms. The average Bonchev–Trinajstić information content (AvgIpc) is 2.42. The van der Waals surface area contributed by atoms with Crippen molar-refractivity contribution in [2.45, 2.75) is 19.8 Å². The fourth-order valence-corrected chi connectivity index (χ4v) is 1.58. The van der Waals surface area contributed by atoms with Crippen LogP contribution >= 0.6 is 0 Å². The first-order valence-electron chi connectivity index (χ1n) is 6.12. The summed E-state index contributed by atoms with van der Waals surface area (Å²) in [5.74, 6) is 0. The normalized spacial score (nSPS) is 16.3. The van der Waals surface area contributed by atoms with E-state index in [1.54, 1.807) is 0 Å². The smallest absolute Gasteiger partial charge is 0.398 e. The van der Waals surface area contributed by atoms with Gasteiger partial charge in [-0.3, -0.25) is 0 Å². The molecule has 7 nitrogen and oxygen atoms in total. The molecule has 1 rings (SSSR count). The number of nitriles is 1. The fourth-order valence-electron chi connectivity index (χ4n) is 1.58.